The molecule has 4 rings (SSSR count). The monoisotopic (exact) mass is 414 g/mol. The second kappa shape index (κ2) is 10.3. The van der Waals surface area contributed by atoms with E-state index in [1.54, 1.807) is 12.1 Å². The van der Waals surface area contributed by atoms with Gasteiger partial charge in [-0.15, -0.1) is 0 Å². The van der Waals surface area contributed by atoms with Gasteiger partial charge in [0.05, 0.1) is 0 Å². The van der Waals surface area contributed by atoms with Gasteiger partial charge in [-0.05, 0) is 72.8 Å². The third-order valence-corrected chi connectivity index (χ3v) is 5.81. The number of pyridine rings is 1. The molecule has 3 aromatic rings. The molecule has 4 nitrogen and oxygen atoms in total. The molecule has 0 aliphatic carbocycles. The Labute approximate surface area is 184 Å². The van der Waals surface area contributed by atoms with Crippen LogP contribution in [0.1, 0.15) is 42.9 Å². The minimum atomic E-state index is 0.265. The van der Waals surface area contributed by atoms with E-state index in [0.717, 1.165) is 29.7 Å². The van der Waals surface area contributed by atoms with Crippen LogP contribution in [0.5, 0.6) is 11.6 Å². The number of ether oxygens (including phenoxy) is 1. The number of hydrogen-bond acceptors (Lipinski definition) is 4. The maximum Gasteiger partial charge on any atom is 0.213 e. The fourth-order valence-corrected chi connectivity index (χ4v) is 4.21. The molecule has 1 aromatic heterocycles. The molecular weight excluding hydrogens is 384 g/mol. The zero-order chi connectivity index (χ0) is 21.5. The molecule has 0 saturated carbocycles. The average molecular weight is 415 g/mol. The fourth-order valence-electron chi connectivity index (χ4n) is 4.21. The van der Waals surface area contributed by atoms with Crippen molar-refractivity contribution in [3.05, 3.63) is 89.6 Å². The zero-order valence-electron chi connectivity index (χ0n) is 18.1. The summed E-state index contributed by atoms with van der Waals surface area (Å²) in [4.78, 5) is 7.03. The molecule has 1 saturated heterocycles. The van der Waals surface area contributed by atoms with Crippen molar-refractivity contribution in [3.8, 4) is 11.6 Å². The maximum absolute atomic E-state index is 9.77. The van der Waals surface area contributed by atoms with Gasteiger partial charge in [0.25, 0.3) is 0 Å². The van der Waals surface area contributed by atoms with Gasteiger partial charge in [-0.3, -0.25) is 4.90 Å². The van der Waals surface area contributed by atoms with Crippen LogP contribution in [0.4, 0.5) is 0 Å². The van der Waals surface area contributed by atoms with E-state index < -0.39 is 0 Å². The molecule has 1 N–H and O–H groups in total. The lowest BCUT2D eigenvalue weighted by Crippen LogP contribution is -2.25. The third kappa shape index (κ3) is 5.33. The fraction of sp³-hybridized carbons (Fsp3) is 0.296. The van der Waals surface area contributed by atoms with E-state index in [4.69, 9.17) is 4.74 Å². The summed E-state index contributed by atoms with van der Waals surface area (Å²) in [5, 5.41) is 9.77. The highest BCUT2D eigenvalue weighted by atomic mass is 16.5. The van der Waals surface area contributed by atoms with Crippen LogP contribution < -0.4 is 4.74 Å². The molecule has 0 spiro atoms. The van der Waals surface area contributed by atoms with Gasteiger partial charge in [0.2, 0.25) is 5.88 Å². The van der Waals surface area contributed by atoms with E-state index in [0.29, 0.717) is 12.5 Å². The van der Waals surface area contributed by atoms with E-state index in [1.807, 2.05) is 30.5 Å². The minimum Gasteiger partial charge on any atom is -0.508 e. The highest BCUT2D eigenvalue weighted by molar-refractivity contribution is 5.98. The first-order valence-corrected chi connectivity index (χ1v) is 11.1. The molecule has 0 bridgehead atoms. The Morgan fingerprint density at radius 1 is 0.903 bits per heavy atom. The van der Waals surface area contributed by atoms with Crippen molar-refractivity contribution in [3.63, 3.8) is 0 Å². The minimum absolute atomic E-state index is 0.265. The standard InChI is InChI=1S/C27H30N2O2/c1-2-25(21-8-4-3-5-9-21)27(22-10-13-24(30)14-11-22)23-12-15-26(28-20-23)31-19-18-29-16-6-7-17-29/h3-5,8-15,20,30H,2,6-7,16-19H2,1H3/b27-25-. The van der Waals surface area contributed by atoms with Crippen molar-refractivity contribution in [2.24, 2.45) is 0 Å². The first-order chi connectivity index (χ1) is 15.2. The Bertz CT molecular complexity index is 990. The molecule has 0 unspecified atom stereocenters. The molecule has 2 heterocycles. The topological polar surface area (TPSA) is 45.6 Å². The number of phenols is 1. The molecule has 0 radical (unpaired) electrons. The Hall–Kier alpha value is -3.11. The third-order valence-electron chi connectivity index (χ3n) is 5.81. The maximum atomic E-state index is 9.77. The molecule has 31 heavy (non-hydrogen) atoms. The van der Waals surface area contributed by atoms with Gasteiger partial charge in [-0.25, -0.2) is 4.98 Å². The van der Waals surface area contributed by atoms with Crippen molar-refractivity contribution >= 4 is 11.1 Å². The summed E-state index contributed by atoms with van der Waals surface area (Å²) in [5.41, 5.74) is 5.67. The van der Waals surface area contributed by atoms with Crippen molar-refractivity contribution in [2.45, 2.75) is 26.2 Å². The second-order valence-corrected chi connectivity index (χ2v) is 7.90. The van der Waals surface area contributed by atoms with E-state index in [-0.39, 0.29) is 5.75 Å². The number of benzene rings is 2. The molecule has 4 heteroatoms. The number of rotatable bonds is 8. The van der Waals surface area contributed by atoms with E-state index in [1.165, 1.54) is 37.1 Å². The molecule has 1 fully saturated rings. The lowest BCUT2D eigenvalue weighted by atomic mass is 9.89. The summed E-state index contributed by atoms with van der Waals surface area (Å²) < 4.78 is 5.89. The SMILES string of the molecule is CC/C(=C(\c1ccc(O)cc1)c1ccc(OCCN2CCCC2)nc1)c1ccccc1. The molecule has 1 aliphatic rings. The quantitative estimate of drug-likeness (QED) is 0.485. The van der Waals surface area contributed by atoms with Crippen molar-refractivity contribution in [1.82, 2.24) is 9.88 Å². The largest absolute Gasteiger partial charge is 0.508 e. The number of hydrogen-bond donors (Lipinski definition) is 1. The van der Waals surface area contributed by atoms with Crippen LogP contribution in [0, 0.1) is 0 Å². The summed E-state index contributed by atoms with van der Waals surface area (Å²) in [6.07, 6.45) is 5.36. The van der Waals surface area contributed by atoms with Crippen LogP contribution in [0.3, 0.4) is 0 Å². The van der Waals surface area contributed by atoms with Gasteiger partial charge < -0.3 is 9.84 Å². The predicted molar refractivity (Wildman–Crippen MR) is 126 cm³/mol. The predicted octanol–water partition coefficient (Wildman–Crippen LogP) is 5.63. The van der Waals surface area contributed by atoms with Gasteiger partial charge in [0.15, 0.2) is 0 Å². The van der Waals surface area contributed by atoms with Crippen LogP contribution in [0.2, 0.25) is 0 Å². The first kappa shape index (κ1) is 21.1. The van der Waals surface area contributed by atoms with Gasteiger partial charge >= 0.3 is 0 Å². The second-order valence-electron chi connectivity index (χ2n) is 7.90. The number of allylic oxidation sites excluding steroid dienone is 1. The molecule has 1 aliphatic heterocycles. The number of phenolic OH excluding ortho intramolecular Hbond substituents is 1. The van der Waals surface area contributed by atoms with E-state index in [9.17, 15) is 5.11 Å². The summed E-state index contributed by atoms with van der Waals surface area (Å²) >= 11 is 0. The number of likely N-dealkylation sites (tertiary alicyclic amines) is 1. The smallest absolute Gasteiger partial charge is 0.213 e. The summed E-state index contributed by atoms with van der Waals surface area (Å²) in [6, 6.07) is 21.9. The van der Waals surface area contributed by atoms with Crippen LogP contribution in [0.15, 0.2) is 72.9 Å². The Morgan fingerprint density at radius 2 is 1.61 bits per heavy atom. The number of aromatic hydroxyl groups is 1. The Kier molecular flexibility index (Phi) is 7.00. The lowest BCUT2D eigenvalue weighted by Gasteiger charge is -2.17. The summed E-state index contributed by atoms with van der Waals surface area (Å²) in [7, 11) is 0. The molecule has 0 amide bonds. The number of nitrogens with zero attached hydrogens (tertiary/aromatic N) is 2. The normalized spacial score (nSPS) is 15.0. The summed E-state index contributed by atoms with van der Waals surface area (Å²) in [5.74, 6) is 0.923. The van der Waals surface area contributed by atoms with Crippen molar-refractivity contribution in [1.29, 1.82) is 0 Å². The van der Waals surface area contributed by atoms with Crippen molar-refractivity contribution < 1.29 is 9.84 Å². The highest BCUT2D eigenvalue weighted by Gasteiger charge is 2.14. The van der Waals surface area contributed by atoms with Gasteiger partial charge in [-0.2, -0.15) is 0 Å². The molecular formula is C27H30N2O2. The van der Waals surface area contributed by atoms with Gasteiger partial charge in [-0.1, -0.05) is 49.4 Å². The Morgan fingerprint density at radius 3 is 2.26 bits per heavy atom. The number of aromatic nitrogens is 1. The molecule has 0 atom stereocenters. The molecule has 2 aromatic carbocycles. The zero-order valence-corrected chi connectivity index (χ0v) is 18.1. The van der Waals surface area contributed by atoms with E-state index in [2.05, 4.69) is 47.1 Å². The van der Waals surface area contributed by atoms with E-state index >= 15 is 0 Å². The average Bonchev–Trinajstić information content (AvgIpc) is 3.33. The van der Waals surface area contributed by atoms with Crippen LogP contribution in [-0.4, -0.2) is 41.2 Å². The van der Waals surface area contributed by atoms with Crippen molar-refractivity contribution in [2.75, 3.05) is 26.2 Å². The van der Waals surface area contributed by atoms with Crippen LogP contribution in [0.25, 0.3) is 11.1 Å². The molecule has 160 valence electrons. The van der Waals surface area contributed by atoms with Gasteiger partial charge in [0, 0.05) is 24.4 Å². The highest BCUT2D eigenvalue weighted by Crippen LogP contribution is 2.35. The van der Waals surface area contributed by atoms with Crippen LogP contribution in [-0.2, 0) is 0 Å². The summed E-state index contributed by atoms with van der Waals surface area (Å²) in [6.45, 7) is 6.14. The first-order valence-electron chi connectivity index (χ1n) is 11.1. The van der Waals surface area contributed by atoms with Gasteiger partial charge in [0.1, 0.15) is 12.4 Å². The lowest BCUT2D eigenvalue weighted by molar-refractivity contribution is 0.232. The Balaban J connectivity index is 1.62. The van der Waals surface area contributed by atoms with Crippen LogP contribution >= 0.6 is 0 Å².